The highest BCUT2D eigenvalue weighted by Crippen LogP contribution is 2.26. The second-order valence-corrected chi connectivity index (χ2v) is 7.93. The van der Waals surface area contributed by atoms with E-state index in [0.717, 1.165) is 22.8 Å². The Balaban J connectivity index is 1.61. The average molecular weight is 357 g/mol. The van der Waals surface area contributed by atoms with Crippen molar-refractivity contribution >= 4 is 10.0 Å². The van der Waals surface area contributed by atoms with E-state index in [0.29, 0.717) is 26.1 Å². The lowest BCUT2D eigenvalue weighted by molar-refractivity contribution is 0.385. The van der Waals surface area contributed by atoms with Crippen LogP contribution < -0.4 is 0 Å². The monoisotopic (exact) mass is 357 g/mol. The molecule has 130 valence electrons. The summed E-state index contributed by atoms with van der Waals surface area (Å²) in [5.41, 5.74) is 2.79. The van der Waals surface area contributed by atoms with E-state index < -0.39 is 10.0 Å². The van der Waals surface area contributed by atoms with E-state index in [2.05, 4.69) is 15.1 Å². The van der Waals surface area contributed by atoms with Crippen LogP contribution in [-0.2, 0) is 29.5 Å². The summed E-state index contributed by atoms with van der Waals surface area (Å²) in [5.74, 6) is 0.781. The van der Waals surface area contributed by atoms with Crippen LogP contribution in [0.2, 0.25) is 0 Å². The summed E-state index contributed by atoms with van der Waals surface area (Å²) in [7, 11) is -3.55. The number of hydrogen-bond donors (Lipinski definition) is 1. The molecular weight excluding hydrogens is 338 g/mol. The summed E-state index contributed by atoms with van der Waals surface area (Å²) in [6.07, 6.45) is 3.59. The molecular formula is C17H19N5O2S. The van der Waals surface area contributed by atoms with Crippen molar-refractivity contribution in [2.45, 2.75) is 31.3 Å². The number of aryl methyl sites for hydroxylation is 1. The van der Waals surface area contributed by atoms with Gasteiger partial charge in [-0.25, -0.2) is 13.4 Å². The van der Waals surface area contributed by atoms with E-state index in [-0.39, 0.29) is 4.90 Å². The summed E-state index contributed by atoms with van der Waals surface area (Å²) in [6, 6.07) is 9.84. The van der Waals surface area contributed by atoms with Gasteiger partial charge >= 0.3 is 0 Å². The first kappa shape index (κ1) is 16.0. The molecule has 4 rings (SSSR count). The van der Waals surface area contributed by atoms with E-state index in [1.807, 2.05) is 37.3 Å². The highest BCUT2D eigenvalue weighted by molar-refractivity contribution is 7.89. The van der Waals surface area contributed by atoms with Gasteiger partial charge in [0, 0.05) is 31.3 Å². The van der Waals surface area contributed by atoms with Gasteiger partial charge in [0.1, 0.15) is 10.7 Å². The number of rotatable bonds is 4. The third-order valence-corrected chi connectivity index (χ3v) is 6.21. The van der Waals surface area contributed by atoms with Crippen LogP contribution in [0.5, 0.6) is 0 Å². The number of H-pyrrole nitrogens is 1. The van der Waals surface area contributed by atoms with Crippen molar-refractivity contribution < 1.29 is 8.42 Å². The fraction of sp³-hybridized carbons (Fsp3) is 0.294. The van der Waals surface area contributed by atoms with Crippen molar-refractivity contribution in [1.29, 1.82) is 0 Å². The maximum atomic E-state index is 12.8. The first-order chi connectivity index (χ1) is 12.1. The van der Waals surface area contributed by atoms with Crippen LogP contribution in [0.4, 0.5) is 0 Å². The molecule has 3 heterocycles. The Morgan fingerprint density at radius 1 is 1.24 bits per heavy atom. The van der Waals surface area contributed by atoms with Gasteiger partial charge in [-0.05, 0) is 6.92 Å². The summed E-state index contributed by atoms with van der Waals surface area (Å²) in [4.78, 5) is 8.15. The van der Waals surface area contributed by atoms with Gasteiger partial charge < -0.3 is 4.98 Å². The molecule has 0 radical (unpaired) electrons. The van der Waals surface area contributed by atoms with Crippen LogP contribution in [-0.4, -0.2) is 39.0 Å². The van der Waals surface area contributed by atoms with Crippen LogP contribution in [0.1, 0.15) is 18.3 Å². The summed E-state index contributed by atoms with van der Waals surface area (Å²) in [5, 5.41) is 4.07. The molecule has 7 nitrogen and oxygen atoms in total. The van der Waals surface area contributed by atoms with Gasteiger partial charge in [-0.3, -0.25) is 4.68 Å². The van der Waals surface area contributed by atoms with E-state index in [1.54, 1.807) is 10.9 Å². The Morgan fingerprint density at radius 2 is 2.04 bits per heavy atom. The fourth-order valence-corrected chi connectivity index (χ4v) is 4.37. The Hall–Kier alpha value is -2.45. The molecule has 0 atom stereocenters. The SMILES string of the molecule is CCn1cc(S(=O)(=O)N2CCc3nc(-c4ccccc4)[nH]c3C2)cn1. The predicted octanol–water partition coefficient (Wildman–Crippen LogP) is 2.04. The van der Waals surface area contributed by atoms with Gasteiger partial charge in [0.25, 0.3) is 0 Å². The quantitative estimate of drug-likeness (QED) is 0.774. The Kier molecular flexibility index (Phi) is 3.93. The number of hydrogen-bond acceptors (Lipinski definition) is 4. The van der Waals surface area contributed by atoms with Crippen LogP contribution in [0.25, 0.3) is 11.4 Å². The minimum absolute atomic E-state index is 0.237. The van der Waals surface area contributed by atoms with Gasteiger partial charge in [-0.1, -0.05) is 30.3 Å². The lowest BCUT2D eigenvalue weighted by Gasteiger charge is -2.24. The molecule has 0 bridgehead atoms. The maximum absolute atomic E-state index is 12.8. The largest absolute Gasteiger partial charge is 0.341 e. The van der Waals surface area contributed by atoms with Crippen molar-refractivity contribution in [3.63, 3.8) is 0 Å². The molecule has 0 unspecified atom stereocenters. The first-order valence-electron chi connectivity index (χ1n) is 8.23. The van der Waals surface area contributed by atoms with Crippen molar-refractivity contribution in [2.24, 2.45) is 0 Å². The zero-order valence-corrected chi connectivity index (χ0v) is 14.7. The number of nitrogens with one attached hydrogen (secondary N) is 1. The molecule has 1 aliphatic heterocycles. The molecule has 0 amide bonds. The molecule has 8 heteroatoms. The van der Waals surface area contributed by atoms with Crippen LogP contribution in [0.15, 0.2) is 47.6 Å². The zero-order chi connectivity index (χ0) is 17.4. The van der Waals surface area contributed by atoms with Crippen LogP contribution in [0, 0.1) is 0 Å². The van der Waals surface area contributed by atoms with Gasteiger partial charge in [0.05, 0.1) is 24.1 Å². The number of nitrogens with zero attached hydrogens (tertiary/aromatic N) is 4. The minimum Gasteiger partial charge on any atom is -0.341 e. The molecule has 1 aromatic carbocycles. The second kappa shape index (κ2) is 6.12. The van der Waals surface area contributed by atoms with E-state index in [1.165, 1.54) is 10.5 Å². The van der Waals surface area contributed by atoms with Crippen molar-refractivity contribution in [2.75, 3.05) is 6.54 Å². The molecule has 0 saturated carbocycles. The summed E-state index contributed by atoms with van der Waals surface area (Å²) in [6.45, 7) is 3.29. The number of sulfonamides is 1. The third kappa shape index (κ3) is 2.87. The maximum Gasteiger partial charge on any atom is 0.246 e. The molecule has 2 aromatic heterocycles. The average Bonchev–Trinajstić information content (AvgIpc) is 3.29. The van der Waals surface area contributed by atoms with E-state index in [4.69, 9.17) is 0 Å². The van der Waals surface area contributed by atoms with Gasteiger partial charge in [-0.2, -0.15) is 9.40 Å². The highest BCUT2D eigenvalue weighted by atomic mass is 32.2. The number of aromatic amines is 1. The van der Waals surface area contributed by atoms with Crippen LogP contribution >= 0.6 is 0 Å². The van der Waals surface area contributed by atoms with Crippen molar-refractivity contribution in [1.82, 2.24) is 24.1 Å². The zero-order valence-electron chi connectivity index (χ0n) is 13.9. The molecule has 25 heavy (non-hydrogen) atoms. The standard InChI is InChI=1S/C17H19N5O2S/c1-2-21-11-14(10-18-21)25(23,24)22-9-8-15-16(12-22)20-17(19-15)13-6-4-3-5-7-13/h3-7,10-11H,2,8-9,12H2,1H3,(H,19,20). The molecule has 1 aliphatic rings. The smallest absolute Gasteiger partial charge is 0.246 e. The summed E-state index contributed by atoms with van der Waals surface area (Å²) < 4.78 is 28.8. The normalized spacial score (nSPS) is 15.2. The summed E-state index contributed by atoms with van der Waals surface area (Å²) >= 11 is 0. The second-order valence-electron chi connectivity index (χ2n) is 6.00. The number of fused-ring (bicyclic) bond motifs is 1. The number of benzene rings is 1. The van der Waals surface area contributed by atoms with Gasteiger partial charge in [0.2, 0.25) is 10.0 Å². The molecule has 0 fully saturated rings. The minimum atomic E-state index is -3.55. The molecule has 0 saturated heterocycles. The highest BCUT2D eigenvalue weighted by Gasteiger charge is 2.31. The topological polar surface area (TPSA) is 83.9 Å². The third-order valence-electron chi connectivity index (χ3n) is 4.42. The molecule has 3 aromatic rings. The lowest BCUT2D eigenvalue weighted by Crippen LogP contribution is -2.35. The molecule has 1 N–H and O–H groups in total. The Morgan fingerprint density at radius 3 is 2.76 bits per heavy atom. The van der Waals surface area contributed by atoms with E-state index >= 15 is 0 Å². The van der Waals surface area contributed by atoms with Crippen molar-refractivity contribution in [3.8, 4) is 11.4 Å². The van der Waals surface area contributed by atoms with Crippen LogP contribution in [0.3, 0.4) is 0 Å². The predicted molar refractivity (Wildman–Crippen MR) is 93.2 cm³/mol. The van der Waals surface area contributed by atoms with Gasteiger partial charge in [0.15, 0.2) is 0 Å². The first-order valence-corrected chi connectivity index (χ1v) is 9.67. The van der Waals surface area contributed by atoms with Gasteiger partial charge in [-0.15, -0.1) is 0 Å². The van der Waals surface area contributed by atoms with Crippen molar-refractivity contribution in [3.05, 3.63) is 54.1 Å². The Labute approximate surface area is 146 Å². The number of imidazole rings is 1. The lowest BCUT2D eigenvalue weighted by atomic mass is 10.2. The van der Waals surface area contributed by atoms with E-state index in [9.17, 15) is 8.42 Å². The molecule has 0 spiro atoms. The fourth-order valence-electron chi connectivity index (χ4n) is 3.01. The number of aromatic nitrogens is 4. The Bertz CT molecular complexity index is 991. The molecule has 0 aliphatic carbocycles.